The van der Waals surface area contributed by atoms with Crippen LogP contribution < -0.4 is 9.47 Å². The van der Waals surface area contributed by atoms with Crippen molar-refractivity contribution < 1.29 is 19.0 Å². The van der Waals surface area contributed by atoms with Crippen LogP contribution in [0.4, 0.5) is 0 Å². The van der Waals surface area contributed by atoms with Gasteiger partial charge in [-0.05, 0) is 36.8 Å². The molecule has 0 aromatic heterocycles. The Morgan fingerprint density at radius 1 is 1.00 bits per heavy atom. The Labute approximate surface area is 124 Å². The van der Waals surface area contributed by atoms with Crippen LogP contribution >= 0.6 is 0 Å². The molecule has 1 unspecified atom stereocenters. The first-order valence-electron chi connectivity index (χ1n) is 6.63. The molecular formula is C17H18O4. The monoisotopic (exact) mass is 286 g/mol. The Morgan fingerprint density at radius 3 is 2.29 bits per heavy atom. The van der Waals surface area contributed by atoms with Crippen molar-refractivity contribution in [2.24, 2.45) is 0 Å². The standard InChI is InChI=1S/C17H18O4/c1-12(13-8-10-14(19-2)11-9-13)21-16-7-5-4-6-15(16)17(18)20-3/h4-12H,1-3H3. The van der Waals surface area contributed by atoms with Crippen LogP contribution in [0.5, 0.6) is 11.5 Å². The molecule has 2 rings (SSSR count). The first kappa shape index (κ1) is 14.9. The molecule has 2 aromatic carbocycles. The molecule has 0 fully saturated rings. The van der Waals surface area contributed by atoms with Crippen molar-refractivity contribution in [1.29, 1.82) is 0 Å². The lowest BCUT2D eigenvalue weighted by molar-refractivity contribution is 0.0593. The summed E-state index contributed by atoms with van der Waals surface area (Å²) in [5.41, 5.74) is 1.41. The predicted molar refractivity (Wildman–Crippen MR) is 79.8 cm³/mol. The summed E-state index contributed by atoms with van der Waals surface area (Å²) in [6.45, 7) is 1.93. The summed E-state index contributed by atoms with van der Waals surface area (Å²) in [5.74, 6) is 0.890. The maximum Gasteiger partial charge on any atom is 0.341 e. The van der Waals surface area contributed by atoms with Gasteiger partial charge in [0.2, 0.25) is 0 Å². The molecule has 4 heteroatoms. The van der Waals surface area contributed by atoms with Gasteiger partial charge >= 0.3 is 5.97 Å². The summed E-state index contributed by atoms with van der Waals surface area (Å²) in [5, 5.41) is 0. The van der Waals surface area contributed by atoms with E-state index < -0.39 is 5.97 Å². The van der Waals surface area contributed by atoms with Gasteiger partial charge in [0.1, 0.15) is 23.2 Å². The molecular weight excluding hydrogens is 268 g/mol. The van der Waals surface area contributed by atoms with Gasteiger partial charge in [-0.1, -0.05) is 24.3 Å². The molecule has 0 aliphatic rings. The molecule has 0 radical (unpaired) electrons. The van der Waals surface area contributed by atoms with Crippen molar-refractivity contribution in [3.63, 3.8) is 0 Å². The van der Waals surface area contributed by atoms with Gasteiger partial charge in [-0.15, -0.1) is 0 Å². The van der Waals surface area contributed by atoms with Gasteiger partial charge in [-0.25, -0.2) is 4.79 Å². The van der Waals surface area contributed by atoms with E-state index in [4.69, 9.17) is 14.2 Å². The number of methoxy groups -OCH3 is 2. The zero-order chi connectivity index (χ0) is 15.2. The maximum absolute atomic E-state index is 11.7. The summed E-state index contributed by atoms with van der Waals surface area (Å²) in [4.78, 5) is 11.7. The Hall–Kier alpha value is -2.49. The van der Waals surface area contributed by atoms with Crippen LogP contribution in [-0.4, -0.2) is 20.2 Å². The van der Waals surface area contributed by atoms with E-state index in [9.17, 15) is 4.79 Å². The molecule has 0 saturated heterocycles. The maximum atomic E-state index is 11.7. The molecule has 4 nitrogen and oxygen atoms in total. The van der Waals surface area contributed by atoms with Crippen molar-refractivity contribution in [1.82, 2.24) is 0 Å². The van der Waals surface area contributed by atoms with Gasteiger partial charge in [0, 0.05) is 0 Å². The summed E-state index contributed by atoms with van der Waals surface area (Å²) >= 11 is 0. The van der Waals surface area contributed by atoms with E-state index in [0.29, 0.717) is 11.3 Å². The second-order valence-corrected chi connectivity index (χ2v) is 4.52. The topological polar surface area (TPSA) is 44.8 Å². The number of ether oxygens (including phenoxy) is 3. The van der Waals surface area contributed by atoms with E-state index in [0.717, 1.165) is 11.3 Å². The SMILES string of the molecule is COC(=O)c1ccccc1OC(C)c1ccc(OC)cc1. The highest BCUT2D eigenvalue weighted by Gasteiger charge is 2.15. The highest BCUT2D eigenvalue weighted by Crippen LogP contribution is 2.26. The molecule has 0 amide bonds. The average Bonchev–Trinajstić information content (AvgIpc) is 2.54. The van der Waals surface area contributed by atoms with Crippen molar-refractivity contribution in [2.75, 3.05) is 14.2 Å². The summed E-state index contributed by atoms with van der Waals surface area (Å²) in [6, 6.07) is 14.7. The first-order valence-corrected chi connectivity index (χ1v) is 6.63. The second-order valence-electron chi connectivity index (χ2n) is 4.52. The molecule has 0 aliphatic heterocycles. The van der Waals surface area contributed by atoms with E-state index in [1.54, 1.807) is 25.3 Å². The lowest BCUT2D eigenvalue weighted by atomic mass is 10.1. The Bertz CT molecular complexity index is 604. The number of esters is 1. The molecule has 0 saturated carbocycles. The Balaban J connectivity index is 2.19. The molecule has 0 N–H and O–H groups in total. The van der Waals surface area contributed by atoms with E-state index in [2.05, 4.69) is 0 Å². The van der Waals surface area contributed by atoms with Crippen LogP contribution in [0.25, 0.3) is 0 Å². The van der Waals surface area contributed by atoms with Crippen molar-refractivity contribution >= 4 is 5.97 Å². The number of carbonyl (C=O) groups is 1. The Morgan fingerprint density at radius 2 is 1.67 bits per heavy atom. The van der Waals surface area contributed by atoms with Crippen LogP contribution in [0.3, 0.4) is 0 Å². The van der Waals surface area contributed by atoms with Crippen molar-refractivity contribution in [3.8, 4) is 11.5 Å². The minimum absolute atomic E-state index is 0.193. The van der Waals surface area contributed by atoms with E-state index in [-0.39, 0.29) is 6.10 Å². The number of hydrogen-bond acceptors (Lipinski definition) is 4. The number of carbonyl (C=O) groups excluding carboxylic acids is 1. The summed E-state index contributed by atoms with van der Waals surface area (Å²) in [7, 11) is 2.98. The fourth-order valence-electron chi connectivity index (χ4n) is 1.98. The number of rotatable bonds is 5. The van der Waals surface area contributed by atoms with Gasteiger partial charge in [0.25, 0.3) is 0 Å². The number of para-hydroxylation sites is 1. The van der Waals surface area contributed by atoms with Crippen molar-refractivity contribution in [3.05, 3.63) is 59.7 Å². The quantitative estimate of drug-likeness (QED) is 0.787. The fourth-order valence-corrected chi connectivity index (χ4v) is 1.98. The third-order valence-corrected chi connectivity index (χ3v) is 3.18. The highest BCUT2D eigenvalue weighted by molar-refractivity contribution is 5.92. The Kier molecular flexibility index (Phi) is 4.82. The second kappa shape index (κ2) is 6.79. The van der Waals surface area contributed by atoms with Crippen LogP contribution in [0, 0.1) is 0 Å². The molecule has 0 heterocycles. The molecule has 0 spiro atoms. The van der Waals surface area contributed by atoms with Crippen LogP contribution in [0.1, 0.15) is 28.9 Å². The van der Waals surface area contributed by atoms with Crippen LogP contribution in [0.15, 0.2) is 48.5 Å². The number of hydrogen-bond donors (Lipinski definition) is 0. The van der Waals surface area contributed by atoms with E-state index in [1.807, 2.05) is 37.3 Å². The lowest BCUT2D eigenvalue weighted by Gasteiger charge is -2.17. The van der Waals surface area contributed by atoms with Gasteiger partial charge in [-0.2, -0.15) is 0 Å². The van der Waals surface area contributed by atoms with Gasteiger partial charge in [-0.3, -0.25) is 0 Å². The van der Waals surface area contributed by atoms with Crippen LogP contribution in [-0.2, 0) is 4.74 Å². The minimum Gasteiger partial charge on any atom is -0.497 e. The summed E-state index contributed by atoms with van der Waals surface area (Å²) in [6.07, 6.45) is -0.193. The molecule has 0 bridgehead atoms. The zero-order valence-electron chi connectivity index (χ0n) is 12.3. The van der Waals surface area contributed by atoms with E-state index in [1.165, 1.54) is 7.11 Å². The van der Waals surface area contributed by atoms with Crippen LogP contribution in [0.2, 0.25) is 0 Å². The molecule has 1 atom stereocenters. The third-order valence-electron chi connectivity index (χ3n) is 3.18. The molecule has 0 aliphatic carbocycles. The lowest BCUT2D eigenvalue weighted by Crippen LogP contribution is -2.08. The fraction of sp³-hybridized carbons (Fsp3) is 0.235. The molecule has 2 aromatic rings. The normalized spacial score (nSPS) is 11.6. The zero-order valence-corrected chi connectivity index (χ0v) is 12.3. The molecule has 21 heavy (non-hydrogen) atoms. The third kappa shape index (κ3) is 3.54. The van der Waals surface area contributed by atoms with E-state index >= 15 is 0 Å². The predicted octanol–water partition coefficient (Wildman–Crippen LogP) is 3.62. The first-order chi connectivity index (χ1) is 10.2. The molecule has 110 valence electrons. The average molecular weight is 286 g/mol. The van der Waals surface area contributed by atoms with Gasteiger partial charge in [0.15, 0.2) is 0 Å². The van der Waals surface area contributed by atoms with Gasteiger partial charge < -0.3 is 14.2 Å². The summed E-state index contributed by atoms with van der Waals surface area (Å²) < 4.78 is 15.8. The van der Waals surface area contributed by atoms with Crippen molar-refractivity contribution in [2.45, 2.75) is 13.0 Å². The highest BCUT2D eigenvalue weighted by atomic mass is 16.5. The van der Waals surface area contributed by atoms with Gasteiger partial charge in [0.05, 0.1) is 14.2 Å². The smallest absolute Gasteiger partial charge is 0.341 e. The minimum atomic E-state index is -0.410. The number of benzene rings is 2. The largest absolute Gasteiger partial charge is 0.497 e.